The Morgan fingerprint density at radius 3 is 2.79 bits per heavy atom. The number of nitrogens with zero attached hydrogens (tertiary/aromatic N) is 1. The number of likely N-dealkylation sites (tertiary alicyclic amines) is 1. The Morgan fingerprint density at radius 2 is 2.16 bits per heavy atom. The fraction of sp³-hybridized carbons (Fsp3) is 0.867. The number of hydrogen-bond donors (Lipinski definition) is 1. The molecule has 0 aliphatic carbocycles. The highest BCUT2D eigenvalue weighted by Crippen LogP contribution is 2.23. The summed E-state index contributed by atoms with van der Waals surface area (Å²) in [7, 11) is 0. The minimum atomic E-state index is -0.736. The highest BCUT2D eigenvalue weighted by Gasteiger charge is 2.26. The summed E-state index contributed by atoms with van der Waals surface area (Å²) in [4.78, 5) is 24.9. The number of carboxylic acids is 1. The summed E-state index contributed by atoms with van der Waals surface area (Å²) < 4.78 is 0. The second kappa shape index (κ2) is 8.18. The van der Waals surface area contributed by atoms with Crippen molar-refractivity contribution in [1.29, 1.82) is 0 Å². The number of unbranched alkanes of at least 4 members (excludes halogenated alkanes) is 1. The van der Waals surface area contributed by atoms with Crippen LogP contribution in [0.3, 0.4) is 0 Å². The monoisotopic (exact) mass is 269 g/mol. The first-order valence-electron chi connectivity index (χ1n) is 7.55. The molecule has 4 heteroatoms. The summed E-state index contributed by atoms with van der Waals surface area (Å²) in [5.74, 6) is -0.00131. The zero-order chi connectivity index (χ0) is 14.3. The van der Waals surface area contributed by atoms with Gasteiger partial charge in [-0.05, 0) is 31.6 Å². The summed E-state index contributed by atoms with van der Waals surface area (Å²) in [6.45, 7) is 5.75. The largest absolute Gasteiger partial charge is 0.481 e. The Kier molecular flexibility index (Phi) is 6.89. The fourth-order valence-corrected chi connectivity index (χ4v) is 2.77. The van der Waals surface area contributed by atoms with E-state index >= 15 is 0 Å². The molecule has 1 rings (SSSR count). The Morgan fingerprint density at radius 1 is 1.42 bits per heavy atom. The predicted molar refractivity (Wildman–Crippen MR) is 74.9 cm³/mol. The minimum Gasteiger partial charge on any atom is -0.481 e. The smallest absolute Gasteiger partial charge is 0.303 e. The molecule has 110 valence electrons. The molecule has 0 radical (unpaired) electrons. The average Bonchev–Trinajstić information content (AvgIpc) is 2.42. The van der Waals surface area contributed by atoms with Crippen LogP contribution in [0.25, 0.3) is 0 Å². The van der Waals surface area contributed by atoms with Gasteiger partial charge in [0.2, 0.25) is 5.91 Å². The third-order valence-electron chi connectivity index (χ3n) is 4.01. The van der Waals surface area contributed by atoms with Crippen molar-refractivity contribution in [2.75, 3.05) is 13.1 Å². The van der Waals surface area contributed by atoms with Crippen molar-refractivity contribution in [2.24, 2.45) is 11.8 Å². The lowest BCUT2D eigenvalue weighted by atomic mass is 9.92. The van der Waals surface area contributed by atoms with Gasteiger partial charge in [-0.15, -0.1) is 0 Å². The van der Waals surface area contributed by atoms with Crippen molar-refractivity contribution in [3.05, 3.63) is 0 Å². The second-order valence-corrected chi connectivity index (χ2v) is 5.77. The van der Waals surface area contributed by atoms with Crippen LogP contribution in [0.4, 0.5) is 0 Å². The summed E-state index contributed by atoms with van der Waals surface area (Å²) in [5.41, 5.74) is 0. The van der Waals surface area contributed by atoms with Gasteiger partial charge >= 0.3 is 5.97 Å². The Bertz CT molecular complexity index is 304. The van der Waals surface area contributed by atoms with Crippen molar-refractivity contribution >= 4 is 11.9 Å². The molecule has 0 aromatic carbocycles. The van der Waals surface area contributed by atoms with Crippen LogP contribution in [0.5, 0.6) is 0 Å². The molecular weight excluding hydrogens is 242 g/mol. The Hall–Kier alpha value is -1.06. The zero-order valence-electron chi connectivity index (χ0n) is 12.2. The third-order valence-corrected chi connectivity index (χ3v) is 4.01. The number of amides is 1. The van der Waals surface area contributed by atoms with Gasteiger partial charge in [0.05, 0.1) is 0 Å². The van der Waals surface area contributed by atoms with Crippen molar-refractivity contribution < 1.29 is 14.7 Å². The highest BCUT2D eigenvalue weighted by molar-refractivity contribution is 5.78. The molecule has 0 saturated carbocycles. The van der Waals surface area contributed by atoms with Crippen molar-refractivity contribution in [1.82, 2.24) is 4.90 Å². The van der Waals surface area contributed by atoms with Crippen molar-refractivity contribution in [2.45, 2.75) is 58.8 Å². The van der Waals surface area contributed by atoms with Crippen LogP contribution >= 0.6 is 0 Å². The van der Waals surface area contributed by atoms with Gasteiger partial charge in [-0.25, -0.2) is 0 Å². The van der Waals surface area contributed by atoms with Gasteiger partial charge in [0.1, 0.15) is 0 Å². The van der Waals surface area contributed by atoms with Gasteiger partial charge in [-0.1, -0.05) is 26.7 Å². The Labute approximate surface area is 116 Å². The first kappa shape index (κ1) is 16.0. The fourth-order valence-electron chi connectivity index (χ4n) is 2.77. The van der Waals surface area contributed by atoms with Crippen LogP contribution in [0.15, 0.2) is 0 Å². The molecule has 0 spiro atoms. The molecular formula is C15H27NO3. The van der Waals surface area contributed by atoms with Crippen LogP contribution in [-0.2, 0) is 9.59 Å². The molecule has 1 amide bonds. The van der Waals surface area contributed by atoms with Crippen LogP contribution in [-0.4, -0.2) is 35.0 Å². The maximum atomic E-state index is 12.3. The van der Waals surface area contributed by atoms with E-state index in [1.807, 2.05) is 11.8 Å². The summed E-state index contributed by atoms with van der Waals surface area (Å²) >= 11 is 0. The molecule has 2 unspecified atom stereocenters. The van der Waals surface area contributed by atoms with Gasteiger partial charge in [0.15, 0.2) is 0 Å². The van der Waals surface area contributed by atoms with Gasteiger partial charge < -0.3 is 10.0 Å². The van der Waals surface area contributed by atoms with Gasteiger partial charge in [-0.3, -0.25) is 9.59 Å². The van der Waals surface area contributed by atoms with E-state index in [0.29, 0.717) is 12.3 Å². The second-order valence-electron chi connectivity index (χ2n) is 5.77. The molecule has 0 bridgehead atoms. The lowest BCUT2D eigenvalue weighted by molar-refractivity contribution is -0.138. The SMILES string of the molecule is CCCCC(C)C(=O)N1CCCC(CCC(=O)O)C1. The summed E-state index contributed by atoms with van der Waals surface area (Å²) in [6, 6.07) is 0. The maximum absolute atomic E-state index is 12.3. The van der Waals surface area contributed by atoms with E-state index in [4.69, 9.17) is 5.11 Å². The van der Waals surface area contributed by atoms with E-state index < -0.39 is 5.97 Å². The normalized spacial score (nSPS) is 21.2. The lowest BCUT2D eigenvalue weighted by Gasteiger charge is -2.34. The van der Waals surface area contributed by atoms with E-state index in [-0.39, 0.29) is 18.2 Å². The molecule has 4 nitrogen and oxygen atoms in total. The molecule has 1 fully saturated rings. The van der Waals surface area contributed by atoms with E-state index in [0.717, 1.165) is 45.2 Å². The summed E-state index contributed by atoms with van der Waals surface area (Å²) in [6.07, 6.45) is 6.17. The van der Waals surface area contributed by atoms with Crippen LogP contribution in [0.2, 0.25) is 0 Å². The topological polar surface area (TPSA) is 57.6 Å². The molecule has 1 saturated heterocycles. The number of piperidine rings is 1. The first-order valence-corrected chi connectivity index (χ1v) is 7.55. The molecule has 0 aromatic rings. The van der Waals surface area contributed by atoms with E-state index in [1.54, 1.807) is 0 Å². The van der Waals surface area contributed by atoms with E-state index in [2.05, 4.69) is 6.92 Å². The molecule has 1 heterocycles. The number of carboxylic acid groups (broad SMARTS) is 1. The number of rotatable bonds is 7. The number of carbonyl (C=O) groups excluding carboxylic acids is 1. The molecule has 1 aliphatic heterocycles. The molecule has 0 aromatic heterocycles. The van der Waals surface area contributed by atoms with Gasteiger partial charge in [0.25, 0.3) is 0 Å². The first-order chi connectivity index (χ1) is 9.04. The lowest BCUT2D eigenvalue weighted by Crippen LogP contribution is -2.42. The van der Waals surface area contributed by atoms with Crippen LogP contribution < -0.4 is 0 Å². The third kappa shape index (κ3) is 5.62. The van der Waals surface area contributed by atoms with Gasteiger partial charge in [-0.2, -0.15) is 0 Å². The van der Waals surface area contributed by atoms with E-state index in [9.17, 15) is 9.59 Å². The minimum absolute atomic E-state index is 0.109. The molecule has 2 atom stereocenters. The maximum Gasteiger partial charge on any atom is 0.303 e. The number of carbonyl (C=O) groups is 2. The van der Waals surface area contributed by atoms with Crippen molar-refractivity contribution in [3.8, 4) is 0 Å². The molecule has 19 heavy (non-hydrogen) atoms. The quantitative estimate of drug-likeness (QED) is 0.773. The van der Waals surface area contributed by atoms with Crippen molar-refractivity contribution in [3.63, 3.8) is 0 Å². The van der Waals surface area contributed by atoms with Crippen LogP contribution in [0, 0.1) is 11.8 Å². The number of hydrogen-bond acceptors (Lipinski definition) is 2. The zero-order valence-corrected chi connectivity index (χ0v) is 12.2. The Balaban J connectivity index is 2.40. The predicted octanol–water partition coefficient (Wildman–Crippen LogP) is 2.92. The van der Waals surface area contributed by atoms with Crippen LogP contribution in [0.1, 0.15) is 58.8 Å². The standard InChI is InChI=1S/C15H27NO3/c1-3-4-6-12(2)15(19)16-10-5-7-13(11-16)8-9-14(17)18/h12-13H,3-11H2,1-2H3,(H,17,18). The highest BCUT2D eigenvalue weighted by atomic mass is 16.4. The summed E-state index contributed by atoms with van der Waals surface area (Å²) in [5, 5.41) is 8.72. The average molecular weight is 269 g/mol. The number of aliphatic carboxylic acids is 1. The van der Waals surface area contributed by atoms with E-state index in [1.165, 1.54) is 0 Å². The molecule has 1 N–H and O–H groups in total. The molecule has 1 aliphatic rings. The van der Waals surface area contributed by atoms with Gasteiger partial charge in [0, 0.05) is 25.4 Å².